The van der Waals surface area contributed by atoms with Crippen LogP contribution in [-0.2, 0) is 10.0 Å². The van der Waals surface area contributed by atoms with Gasteiger partial charge in [0, 0.05) is 30.3 Å². The number of hydrogen-bond acceptors (Lipinski definition) is 7. The Hall–Kier alpha value is -3.18. The van der Waals surface area contributed by atoms with E-state index in [1.54, 1.807) is 0 Å². The fourth-order valence-electron chi connectivity index (χ4n) is 3.19. The monoisotopic (exact) mass is 464 g/mol. The van der Waals surface area contributed by atoms with Crippen LogP contribution in [0.25, 0.3) is 0 Å². The van der Waals surface area contributed by atoms with Crippen LogP contribution in [0, 0.1) is 16.0 Å². The summed E-state index contributed by atoms with van der Waals surface area (Å²) in [5.74, 6) is 0.167. The summed E-state index contributed by atoms with van der Waals surface area (Å²) in [5.41, 5.74) is -0.0296. The topological polar surface area (TPSA) is 131 Å². The van der Waals surface area contributed by atoms with Crippen LogP contribution in [0.1, 0.15) is 24.2 Å². The van der Waals surface area contributed by atoms with Gasteiger partial charge in [-0.25, -0.2) is 8.42 Å². The molecule has 2 N–H and O–H groups in total. The van der Waals surface area contributed by atoms with Crippen molar-refractivity contribution >= 4 is 27.3 Å². The molecule has 0 aliphatic heterocycles. The summed E-state index contributed by atoms with van der Waals surface area (Å²) >= 11 is 0. The minimum atomic E-state index is -4.07. The number of hydrogen-bond donors (Lipinski definition) is 2. The predicted molar refractivity (Wildman–Crippen MR) is 122 cm³/mol. The number of sulfonamides is 1. The third-order valence-electron chi connectivity index (χ3n) is 4.97. The Balaban J connectivity index is 2.17. The fourth-order valence-corrected chi connectivity index (χ4v) is 4.25. The molecule has 0 aromatic heterocycles. The Morgan fingerprint density at radius 1 is 1.16 bits per heavy atom. The highest BCUT2D eigenvalue weighted by Crippen LogP contribution is 2.30. The number of non-ortho nitro benzene ring substituents is 1. The number of nitro groups is 1. The molecule has 174 valence electrons. The van der Waals surface area contributed by atoms with Gasteiger partial charge in [-0.2, -0.15) is 0 Å². The number of likely N-dealkylation sites (N-methyl/N-ethyl adjacent to an activating group) is 1. The summed E-state index contributed by atoms with van der Waals surface area (Å²) in [6.07, 6.45) is 0. The van der Waals surface area contributed by atoms with Crippen molar-refractivity contribution in [3.63, 3.8) is 0 Å². The first kappa shape index (κ1) is 25.1. The molecule has 32 heavy (non-hydrogen) atoms. The van der Waals surface area contributed by atoms with Crippen molar-refractivity contribution in [3.05, 3.63) is 58.1 Å². The van der Waals surface area contributed by atoms with E-state index < -0.39 is 14.9 Å². The van der Waals surface area contributed by atoms with E-state index in [1.807, 2.05) is 19.0 Å². The van der Waals surface area contributed by atoms with E-state index in [0.29, 0.717) is 18.0 Å². The molecule has 0 fully saturated rings. The summed E-state index contributed by atoms with van der Waals surface area (Å²) in [6, 6.07) is 9.18. The first-order valence-corrected chi connectivity index (χ1v) is 11.3. The largest absolute Gasteiger partial charge is 0.495 e. The molecular formula is C21H28N4O6S. The molecule has 2 aromatic rings. The minimum absolute atomic E-state index is 0.0630. The lowest BCUT2D eigenvalue weighted by atomic mass is 10.0. The minimum Gasteiger partial charge on any atom is -0.495 e. The van der Waals surface area contributed by atoms with Crippen LogP contribution in [0.2, 0.25) is 0 Å². The molecule has 0 saturated carbocycles. The van der Waals surface area contributed by atoms with Crippen molar-refractivity contribution in [3.8, 4) is 5.75 Å². The highest BCUT2D eigenvalue weighted by Gasteiger charge is 2.21. The second-order valence-electron chi connectivity index (χ2n) is 7.76. The van der Waals surface area contributed by atoms with Gasteiger partial charge in [-0.05, 0) is 50.3 Å². The molecule has 0 aliphatic rings. The number of benzene rings is 2. The molecule has 0 aliphatic carbocycles. The van der Waals surface area contributed by atoms with Gasteiger partial charge in [0.2, 0.25) is 0 Å². The Morgan fingerprint density at radius 2 is 1.78 bits per heavy atom. The number of rotatable bonds is 10. The van der Waals surface area contributed by atoms with Gasteiger partial charge < -0.3 is 15.0 Å². The third kappa shape index (κ3) is 6.17. The van der Waals surface area contributed by atoms with Gasteiger partial charge in [0.05, 0.1) is 22.6 Å². The number of nitrogens with one attached hydrogen (secondary N) is 2. The third-order valence-corrected chi connectivity index (χ3v) is 6.35. The number of carbonyl (C=O) groups is 1. The summed E-state index contributed by atoms with van der Waals surface area (Å²) < 4.78 is 32.9. The van der Waals surface area contributed by atoms with E-state index in [2.05, 4.69) is 23.9 Å². The Morgan fingerprint density at radius 3 is 2.28 bits per heavy atom. The molecule has 0 heterocycles. The van der Waals surface area contributed by atoms with Gasteiger partial charge in [0.15, 0.2) is 0 Å². The number of nitrogens with zero attached hydrogens (tertiary/aromatic N) is 2. The van der Waals surface area contributed by atoms with Crippen LogP contribution in [0.15, 0.2) is 47.4 Å². The molecule has 1 amide bonds. The molecule has 2 aromatic carbocycles. The zero-order valence-corrected chi connectivity index (χ0v) is 19.5. The van der Waals surface area contributed by atoms with E-state index >= 15 is 0 Å². The van der Waals surface area contributed by atoms with Crippen LogP contribution in [0.4, 0.5) is 11.4 Å². The van der Waals surface area contributed by atoms with Crippen LogP contribution in [-0.4, -0.2) is 57.9 Å². The van der Waals surface area contributed by atoms with Gasteiger partial charge in [-0.3, -0.25) is 19.6 Å². The summed E-state index contributed by atoms with van der Waals surface area (Å²) in [6.45, 7) is 4.59. The zero-order valence-electron chi connectivity index (χ0n) is 18.7. The second kappa shape index (κ2) is 10.4. The lowest BCUT2D eigenvalue weighted by Crippen LogP contribution is -2.43. The first-order chi connectivity index (χ1) is 15.0. The molecule has 0 radical (unpaired) electrons. The van der Waals surface area contributed by atoms with Crippen molar-refractivity contribution in [1.82, 2.24) is 10.2 Å². The lowest BCUT2D eigenvalue weighted by molar-refractivity contribution is -0.384. The molecule has 0 bridgehead atoms. The van der Waals surface area contributed by atoms with Gasteiger partial charge in [0.25, 0.3) is 21.6 Å². The standard InChI is InChI=1S/C21H28N4O6S/c1-14(2)19(24(3)4)13-22-21(26)15-6-9-17(10-7-15)32(29,30)23-18-12-16(25(27)28)8-11-20(18)31-5/h6-12,14,19,23H,13H2,1-5H3,(H,22,26). The number of ether oxygens (including phenoxy) is 1. The lowest BCUT2D eigenvalue weighted by Gasteiger charge is -2.28. The highest BCUT2D eigenvalue weighted by atomic mass is 32.2. The molecule has 0 spiro atoms. The molecule has 10 nitrogen and oxygen atoms in total. The van der Waals surface area contributed by atoms with Crippen molar-refractivity contribution in [2.75, 3.05) is 32.5 Å². The molecule has 1 unspecified atom stereocenters. The Labute approximate surface area is 187 Å². The van der Waals surface area contributed by atoms with Crippen molar-refractivity contribution in [2.24, 2.45) is 5.92 Å². The Kier molecular flexibility index (Phi) is 8.17. The number of methoxy groups -OCH3 is 1. The van der Waals surface area contributed by atoms with Crippen LogP contribution < -0.4 is 14.8 Å². The summed E-state index contributed by atoms with van der Waals surface area (Å²) in [5, 5.41) is 13.9. The van der Waals surface area contributed by atoms with E-state index in [-0.39, 0.29) is 34.0 Å². The SMILES string of the molecule is COc1ccc([N+](=O)[O-])cc1NS(=O)(=O)c1ccc(C(=O)NCC(C(C)C)N(C)C)cc1. The molecular weight excluding hydrogens is 436 g/mol. The van der Waals surface area contributed by atoms with Crippen molar-refractivity contribution in [1.29, 1.82) is 0 Å². The Bertz CT molecular complexity index is 1060. The maximum atomic E-state index is 12.8. The smallest absolute Gasteiger partial charge is 0.271 e. The highest BCUT2D eigenvalue weighted by molar-refractivity contribution is 7.92. The van der Waals surface area contributed by atoms with Crippen molar-refractivity contribution in [2.45, 2.75) is 24.8 Å². The number of carbonyl (C=O) groups excluding carboxylic acids is 1. The summed E-state index contributed by atoms with van der Waals surface area (Å²) in [4.78, 5) is 24.8. The average Bonchev–Trinajstić information content (AvgIpc) is 2.73. The maximum absolute atomic E-state index is 12.8. The van der Waals surface area contributed by atoms with E-state index in [1.165, 1.54) is 43.5 Å². The van der Waals surface area contributed by atoms with Gasteiger partial charge in [-0.15, -0.1) is 0 Å². The first-order valence-electron chi connectivity index (χ1n) is 9.86. The molecule has 2 rings (SSSR count). The predicted octanol–water partition coefficient (Wildman–Crippen LogP) is 2.72. The normalized spacial score (nSPS) is 12.5. The molecule has 11 heteroatoms. The van der Waals surface area contributed by atoms with Crippen LogP contribution in [0.3, 0.4) is 0 Å². The fraction of sp³-hybridized carbons (Fsp3) is 0.381. The molecule has 1 atom stereocenters. The van der Waals surface area contributed by atoms with E-state index in [9.17, 15) is 23.3 Å². The number of anilines is 1. The van der Waals surface area contributed by atoms with Gasteiger partial charge in [0.1, 0.15) is 5.75 Å². The zero-order chi connectivity index (χ0) is 24.1. The van der Waals surface area contributed by atoms with Gasteiger partial charge in [-0.1, -0.05) is 13.8 Å². The van der Waals surface area contributed by atoms with Crippen LogP contribution >= 0.6 is 0 Å². The summed E-state index contributed by atoms with van der Waals surface area (Å²) in [7, 11) is 1.14. The quantitative estimate of drug-likeness (QED) is 0.408. The number of amides is 1. The molecule has 0 saturated heterocycles. The van der Waals surface area contributed by atoms with Crippen molar-refractivity contribution < 1.29 is 22.9 Å². The second-order valence-corrected chi connectivity index (χ2v) is 9.44. The maximum Gasteiger partial charge on any atom is 0.271 e. The van der Waals surface area contributed by atoms with Crippen LogP contribution in [0.5, 0.6) is 5.75 Å². The van der Waals surface area contributed by atoms with Gasteiger partial charge >= 0.3 is 0 Å². The van der Waals surface area contributed by atoms with E-state index in [0.717, 1.165) is 6.07 Å². The van der Waals surface area contributed by atoms with E-state index in [4.69, 9.17) is 4.74 Å². The average molecular weight is 465 g/mol. The number of nitro benzene ring substituents is 1.